The molecule has 1 amide bonds. The summed E-state index contributed by atoms with van der Waals surface area (Å²) in [5.74, 6) is -0.219. The number of para-hydroxylation sites is 1. The van der Waals surface area contributed by atoms with Gasteiger partial charge in [-0.15, -0.1) is 11.8 Å². The van der Waals surface area contributed by atoms with Crippen LogP contribution in [0.5, 0.6) is 0 Å². The molecule has 2 heterocycles. The summed E-state index contributed by atoms with van der Waals surface area (Å²) in [6.45, 7) is 6.85. The average Bonchev–Trinajstić information content (AvgIpc) is 2.99. The molecule has 1 atom stereocenters. The first-order valence-corrected chi connectivity index (χ1v) is 12.1. The zero-order valence-electron chi connectivity index (χ0n) is 19.5. The molecule has 2 aromatic carbocycles. The van der Waals surface area contributed by atoms with E-state index in [0.717, 1.165) is 39.6 Å². The van der Waals surface area contributed by atoms with Gasteiger partial charge in [0.25, 0.3) is 5.91 Å². The number of aromatic nitrogens is 2. The van der Waals surface area contributed by atoms with Crippen molar-refractivity contribution in [3.63, 3.8) is 0 Å². The van der Waals surface area contributed by atoms with Crippen LogP contribution in [0.4, 0.5) is 5.69 Å². The molecular weight excluding hydrogens is 434 g/mol. The van der Waals surface area contributed by atoms with Gasteiger partial charge in [0.05, 0.1) is 24.2 Å². The van der Waals surface area contributed by atoms with Crippen LogP contribution in [-0.4, -0.2) is 40.6 Å². The second kappa shape index (κ2) is 9.83. The predicted molar refractivity (Wildman–Crippen MR) is 131 cm³/mol. The van der Waals surface area contributed by atoms with Gasteiger partial charge in [-0.3, -0.25) is 9.59 Å². The molecular formula is C26H29N3O3S. The molecule has 1 aliphatic rings. The topological polar surface area (TPSA) is 64.4 Å². The Bertz CT molecular complexity index is 1170. The number of carbonyl (C=O) groups is 2. The highest BCUT2D eigenvalue weighted by molar-refractivity contribution is 8.00. The van der Waals surface area contributed by atoms with Crippen LogP contribution >= 0.6 is 11.8 Å². The molecule has 0 aliphatic carbocycles. The number of rotatable bonds is 5. The largest absolute Gasteiger partial charge is 0.469 e. The minimum absolute atomic E-state index is 0.0100. The molecule has 1 unspecified atom stereocenters. The van der Waals surface area contributed by atoms with Crippen molar-refractivity contribution in [2.45, 2.75) is 50.2 Å². The maximum Gasteiger partial charge on any atom is 0.305 e. The zero-order valence-corrected chi connectivity index (χ0v) is 20.3. The third-order valence-electron chi connectivity index (χ3n) is 6.10. The van der Waals surface area contributed by atoms with Gasteiger partial charge >= 0.3 is 5.97 Å². The molecule has 3 aromatic rings. The fourth-order valence-corrected chi connectivity index (χ4v) is 5.33. The van der Waals surface area contributed by atoms with Gasteiger partial charge in [-0.05, 0) is 68.7 Å². The minimum Gasteiger partial charge on any atom is -0.469 e. The monoisotopic (exact) mass is 463 g/mol. The van der Waals surface area contributed by atoms with E-state index >= 15 is 0 Å². The second-order valence-electron chi connectivity index (χ2n) is 8.33. The Labute approximate surface area is 198 Å². The van der Waals surface area contributed by atoms with Crippen molar-refractivity contribution in [3.05, 3.63) is 71.0 Å². The van der Waals surface area contributed by atoms with E-state index in [1.54, 1.807) is 0 Å². The van der Waals surface area contributed by atoms with E-state index < -0.39 is 0 Å². The van der Waals surface area contributed by atoms with Crippen LogP contribution < -0.4 is 4.90 Å². The van der Waals surface area contributed by atoms with Crippen molar-refractivity contribution < 1.29 is 14.3 Å². The van der Waals surface area contributed by atoms with E-state index in [1.165, 1.54) is 7.11 Å². The van der Waals surface area contributed by atoms with Crippen LogP contribution in [0.1, 0.15) is 47.1 Å². The lowest BCUT2D eigenvalue weighted by Crippen LogP contribution is -2.32. The van der Waals surface area contributed by atoms with E-state index in [0.29, 0.717) is 30.2 Å². The number of esters is 1. The fraction of sp³-hybridized carbons (Fsp3) is 0.346. The highest BCUT2D eigenvalue weighted by Crippen LogP contribution is 2.37. The lowest BCUT2D eigenvalue weighted by molar-refractivity contribution is -0.140. The van der Waals surface area contributed by atoms with Crippen LogP contribution in [0.15, 0.2) is 53.4 Å². The summed E-state index contributed by atoms with van der Waals surface area (Å²) in [7, 11) is 1.40. The highest BCUT2D eigenvalue weighted by Gasteiger charge is 2.25. The first-order valence-electron chi connectivity index (χ1n) is 11.2. The standard InChI is InChI=1S/C26H29N3O3S/c1-17-15-16-28(23-7-5-6-8-24(23)33-17)26(31)20-9-11-21(12-10-20)29-19(3)22(18(2)27-29)13-14-25(30)32-4/h5-12,17H,13-16H2,1-4H3. The lowest BCUT2D eigenvalue weighted by atomic mass is 10.1. The highest BCUT2D eigenvalue weighted by atomic mass is 32.2. The fourth-order valence-electron chi connectivity index (χ4n) is 4.22. The van der Waals surface area contributed by atoms with Gasteiger partial charge in [-0.25, -0.2) is 4.68 Å². The summed E-state index contributed by atoms with van der Waals surface area (Å²) in [6, 6.07) is 15.7. The van der Waals surface area contributed by atoms with Gasteiger partial charge in [0.2, 0.25) is 0 Å². The smallest absolute Gasteiger partial charge is 0.305 e. The summed E-state index contributed by atoms with van der Waals surface area (Å²) >= 11 is 1.83. The molecule has 1 aromatic heterocycles. The van der Waals surface area contributed by atoms with E-state index in [4.69, 9.17) is 4.74 Å². The number of amides is 1. The summed E-state index contributed by atoms with van der Waals surface area (Å²) < 4.78 is 6.63. The Kier molecular flexibility index (Phi) is 6.88. The molecule has 4 rings (SSSR count). The maximum atomic E-state index is 13.4. The number of nitrogens with zero attached hydrogens (tertiary/aromatic N) is 3. The normalized spacial score (nSPS) is 15.6. The zero-order chi connectivity index (χ0) is 23.5. The van der Waals surface area contributed by atoms with Gasteiger partial charge in [-0.2, -0.15) is 5.10 Å². The number of hydrogen-bond acceptors (Lipinski definition) is 5. The van der Waals surface area contributed by atoms with E-state index in [1.807, 2.05) is 77.7 Å². The molecule has 0 N–H and O–H groups in total. The van der Waals surface area contributed by atoms with Crippen molar-refractivity contribution in [1.29, 1.82) is 0 Å². The maximum absolute atomic E-state index is 13.4. The number of methoxy groups -OCH3 is 1. The SMILES string of the molecule is COC(=O)CCc1c(C)nn(-c2ccc(C(=O)N3CCC(C)Sc4ccccc43)cc2)c1C. The Morgan fingerprint density at radius 1 is 1.12 bits per heavy atom. The summed E-state index contributed by atoms with van der Waals surface area (Å²) in [6.07, 6.45) is 1.86. The number of ether oxygens (including phenoxy) is 1. The van der Waals surface area contributed by atoms with Crippen molar-refractivity contribution >= 4 is 29.3 Å². The van der Waals surface area contributed by atoms with Crippen LogP contribution in [0.3, 0.4) is 0 Å². The number of thioether (sulfide) groups is 1. The Morgan fingerprint density at radius 3 is 2.58 bits per heavy atom. The molecule has 7 heteroatoms. The van der Waals surface area contributed by atoms with Crippen molar-refractivity contribution in [2.75, 3.05) is 18.6 Å². The molecule has 0 spiro atoms. The predicted octanol–water partition coefficient (Wildman–Crippen LogP) is 5.13. The summed E-state index contributed by atoms with van der Waals surface area (Å²) in [4.78, 5) is 28.0. The molecule has 0 fully saturated rings. The van der Waals surface area contributed by atoms with Crippen LogP contribution in [-0.2, 0) is 16.0 Å². The molecule has 172 valence electrons. The molecule has 33 heavy (non-hydrogen) atoms. The average molecular weight is 464 g/mol. The van der Waals surface area contributed by atoms with Crippen LogP contribution in [0.2, 0.25) is 0 Å². The van der Waals surface area contributed by atoms with Gasteiger partial charge in [0, 0.05) is 34.4 Å². The molecule has 1 aliphatic heterocycles. The number of hydrogen-bond donors (Lipinski definition) is 0. The van der Waals surface area contributed by atoms with Crippen molar-refractivity contribution in [3.8, 4) is 5.69 Å². The molecule has 6 nitrogen and oxygen atoms in total. The van der Waals surface area contributed by atoms with Gasteiger partial charge < -0.3 is 9.64 Å². The molecule has 0 saturated carbocycles. The Balaban J connectivity index is 1.57. The molecule has 0 radical (unpaired) electrons. The minimum atomic E-state index is -0.229. The van der Waals surface area contributed by atoms with Gasteiger partial charge in [-0.1, -0.05) is 19.1 Å². The quantitative estimate of drug-likeness (QED) is 0.491. The van der Waals surface area contributed by atoms with Crippen LogP contribution in [0, 0.1) is 13.8 Å². The number of benzene rings is 2. The summed E-state index contributed by atoms with van der Waals surface area (Å²) in [5.41, 5.74) is 5.45. The second-order valence-corrected chi connectivity index (χ2v) is 9.81. The number of anilines is 1. The van der Waals surface area contributed by atoms with E-state index in [-0.39, 0.29) is 11.9 Å². The molecule has 0 saturated heterocycles. The van der Waals surface area contributed by atoms with Gasteiger partial charge in [0.1, 0.15) is 0 Å². The van der Waals surface area contributed by atoms with Crippen LogP contribution in [0.25, 0.3) is 5.69 Å². The van der Waals surface area contributed by atoms with E-state index in [2.05, 4.69) is 18.1 Å². The first kappa shape index (κ1) is 23.1. The number of carbonyl (C=O) groups excluding carboxylic acids is 2. The number of fused-ring (bicyclic) bond motifs is 1. The molecule has 0 bridgehead atoms. The Hall–Kier alpha value is -3.06. The first-order chi connectivity index (χ1) is 15.9. The lowest BCUT2D eigenvalue weighted by Gasteiger charge is -2.22. The number of aryl methyl sites for hydroxylation is 1. The third-order valence-corrected chi connectivity index (χ3v) is 7.33. The third kappa shape index (κ3) is 4.83. The van der Waals surface area contributed by atoms with Crippen molar-refractivity contribution in [1.82, 2.24) is 9.78 Å². The van der Waals surface area contributed by atoms with E-state index in [9.17, 15) is 9.59 Å². The Morgan fingerprint density at radius 2 is 1.85 bits per heavy atom. The van der Waals surface area contributed by atoms with Gasteiger partial charge in [0.15, 0.2) is 0 Å². The summed E-state index contributed by atoms with van der Waals surface area (Å²) in [5, 5.41) is 5.13. The van der Waals surface area contributed by atoms with Crippen molar-refractivity contribution in [2.24, 2.45) is 0 Å².